The molecule has 7 heteroatoms. The van der Waals surface area contributed by atoms with Crippen LogP contribution in [0.15, 0.2) is 48.5 Å². The molecule has 186 valence electrons. The average molecular weight is 479 g/mol. The van der Waals surface area contributed by atoms with Gasteiger partial charge in [0.05, 0.1) is 11.8 Å². The molecule has 35 heavy (non-hydrogen) atoms. The molecule has 0 saturated heterocycles. The van der Waals surface area contributed by atoms with Crippen molar-refractivity contribution < 1.29 is 24.2 Å². The first-order valence-electron chi connectivity index (χ1n) is 12.6. The monoisotopic (exact) mass is 478 g/mol. The van der Waals surface area contributed by atoms with Gasteiger partial charge >= 0.3 is 12.1 Å². The van der Waals surface area contributed by atoms with Gasteiger partial charge in [-0.3, -0.25) is 9.59 Å². The highest BCUT2D eigenvalue weighted by atomic mass is 16.5. The zero-order valence-electron chi connectivity index (χ0n) is 20.2. The topological polar surface area (TPSA) is 105 Å². The Morgan fingerprint density at radius 3 is 2.26 bits per heavy atom. The van der Waals surface area contributed by atoms with Gasteiger partial charge in [-0.15, -0.1) is 0 Å². The molecular weight excluding hydrogens is 444 g/mol. The molecule has 4 rings (SSSR count). The highest BCUT2D eigenvalue weighted by Crippen LogP contribution is 2.44. The van der Waals surface area contributed by atoms with E-state index in [0.717, 1.165) is 30.4 Å². The van der Waals surface area contributed by atoms with Crippen molar-refractivity contribution in [3.63, 3.8) is 0 Å². The van der Waals surface area contributed by atoms with Crippen molar-refractivity contribution in [2.75, 3.05) is 13.2 Å². The number of hydrogen-bond donors (Lipinski definition) is 3. The van der Waals surface area contributed by atoms with Crippen LogP contribution in [0.4, 0.5) is 4.79 Å². The Hall–Kier alpha value is -3.35. The molecule has 0 bridgehead atoms. The molecule has 0 radical (unpaired) electrons. The molecule has 1 saturated carbocycles. The van der Waals surface area contributed by atoms with Gasteiger partial charge in [0, 0.05) is 18.5 Å². The van der Waals surface area contributed by atoms with Gasteiger partial charge in [0.25, 0.3) is 0 Å². The van der Waals surface area contributed by atoms with E-state index >= 15 is 0 Å². The molecule has 2 aliphatic carbocycles. The van der Waals surface area contributed by atoms with Crippen LogP contribution in [-0.4, -0.2) is 42.3 Å². The van der Waals surface area contributed by atoms with Crippen molar-refractivity contribution in [3.05, 3.63) is 59.7 Å². The van der Waals surface area contributed by atoms with Crippen LogP contribution in [0.2, 0.25) is 0 Å². The lowest BCUT2D eigenvalue weighted by Gasteiger charge is -2.25. The number of rotatable bonds is 8. The number of fused-ring (bicyclic) bond motifs is 3. The SMILES string of the molecule is CC(CCNC(=O)C1CCCCCC1NC(=O)OCC1c2ccccc2-c2ccccc21)C(=O)O. The fourth-order valence-corrected chi connectivity index (χ4v) is 5.25. The standard InChI is InChI=1S/C28H34N2O5/c1-18(27(32)33)15-16-29-26(31)23-13-3-2-4-14-25(23)30-28(34)35-17-24-21-11-7-5-9-19(21)20-10-6-8-12-22(20)24/h5-12,18,23-25H,2-4,13-17H2,1H3,(H,29,31)(H,30,34)(H,32,33). The van der Waals surface area contributed by atoms with E-state index in [9.17, 15) is 14.4 Å². The summed E-state index contributed by atoms with van der Waals surface area (Å²) in [7, 11) is 0. The molecule has 3 atom stereocenters. The highest BCUT2D eigenvalue weighted by molar-refractivity contribution is 5.81. The highest BCUT2D eigenvalue weighted by Gasteiger charge is 2.33. The maximum atomic E-state index is 12.9. The summed E-state index contributed by atoms with van der Waals surface area (Å²) < 4.78 is 5.70. The van der Waals surface area contributed by atoms with Gasteiger partial charge < -0.3 is 20.5 Å². The molecule has 0 aliphatic heterocycles. The number of benzene rings is 2. The van der Waals surface area contributed by atoms with E-state index in [0.29, 0.717) is 25.8 Å². The fourth-order valence-electron chi connectivity index (χ4n) is 5.25. The van der Waals surface area contributed by atoms with Crippen molar-refractivity contribution in [1.29, 1.82) is 0 Å². The lowest BCUT2D eigenvalue weighted by molar-refractivity contribution is -0.141. The smallest absolute Gasteiger partial charge is 0.407 e. The summed E-state index contributed by atoms with van der Waals surface area (Å²) in [6, 6.07) is 16.1. The average Bonchev–Trinajstić information content (AvgIpc) is 2.99. The number of nitrogens with one attached hydrogen (secondary N) is 2. The molecule has 0 spiro atoms. The van der Waals surface area contributed by atoms with Crippen LogP contribution >= 0.6 is 0 Å². The summed E-state index contributed by atoms with van der Waals surface area (Å²) in [4.78, 5) is 36.7. The van der Waals surface area contributed by atoms with E-state index < -0.39 is 18.0 Å². The third kappa shape index (κ3) is 5.84. The molecule has 0 aromatic heterocycles. The first-order valence-corrected chi connectivity index (χ1v) is 12.6. The van der Waals surface area contributed by atoms with Crippen molar-refractivity contribution in [3.8, 4) is 11.1 Å². The third-order valence-corrected chi connectivity index (χ3v) is 7.30. The second-order valence-corrected chi connectivity index (χ2v) is 9.64. The summed E-state index contributed by atoms with van der Waals surface area (Å²) in [5.74, 6) is -1.88. The first kappa shape index (κ1) is 24.8. The summed E-state index contributed by atoms with van der Waals surface area (Å²) in [5, 5.41) is 14.9. The van der Waals surface area contributed by atoms with Crippen molar-refractivity contribution in [2.24, 2.45) is 11.8 Å². The summed E-state index contributed by atoms with van der Waals surface area (Å²) in [6.45, 7) is 2.17. The molecule has 2 aromatic carbocycles. The number of hydrogen-bond acceptors (Lipinski definition) is 4. The Bertz CT molecular complexity index is 1020. The summed E-state index contributed by atoms with van der Waals surface area (Å²) in [6.07, 6.45) is 4.15. The lowest BCUT2D eigenvalue weighted by atomic mass is 9.93. The Labute approximate surface area is 206 Å². The molecule has 1 fully saturated rings. The minimum Gasteiger partial charge on any atom is -0.481 e. The van der Waals surface area contributed by atoms with E-state index in [4.69, 9.17) is 9.84 Å². The van der Waals surface area contributed by atoms with Gasteiger partial charge in [-0.05, 0) is 41.5 Å². The van der Waals surface area contributed by atoms with E-state index in [2.05, 4.69) is 34.9 Å². The Morgan fingerprint density at radius 1 is 0.971 bits per heavy atom. The van der Waals surface area contributed by atoms with Crippen LogP contribution in [0.25, 0.3) is 11.1 Å². The second kappa shape index (κ2) is 11.4. The first-order chi connectivity index (χ1) is 17.0. The van der Waals surface area contributed by atoms with Crippen LogP contribution in [0.3, 0.4) is 0 Å². The largest absolute Gasteiger partial charge is 0.481 e. The predicted molar refractivity (Wildman–Crippen MR) is 133 cm³/mol. The lowest BCUT2D eigenvalue weighted by Crippen LogP contribution is -2.47. The molecule has 2 aromatic rings. The molecule has 7 nitrogen and oxygen atoms in total. The van der Waals surface area contributed by atoms with Crippen LogP contribution in [-0.2, 0) is 14.3 Å². The Kier molecular flexibility index (Phi) is 8.06. The second-order valence-electron chi connectivity index (χ2n) is 9.64. The number of carboxylic acids is 1. The van der Waals surface area contributed by atoms with E-state index in [1.807, 2.05) is 24.3 Å². The number of carbonyl (C=O) groups excluding carboxylic acids is 2. The normalized spacial score (nSPS) is 20.1. The number of carbonyl (C=O) groups is 3. The zero-order chi connectivity index (χ0) is 24.8. The van der Waals surface area contributed by atoms with E-state index in [1.165, 1.54) is 11.1 Å². The van der Waals surface area contributed by atoms with Crippen LogP contribution < -0.4 is 10.6 Å². The molecule has 2 aliphatic rings. The van der Waals surface area contributed by atoms with Gasteiger partial charge in [-0.25, -0.2) is 4.79 Å². The number of ether oxygens (including phenoxy) is 1. The van der Waals surface area contributed by atoms with Crippen molar-refractivity contribution >= 4 is 18.0 Å². The Morgan fingerprint density at radius 2 is 1.60 bits per heavy atom. The number of amides is 2. The van der Waals surface area contributed by atoms with Gasteiger partial charge in [-0.1, -0.05) is 74.7 Å². The Balaban J connectivity index is 1.35. The van der Waals surface area contributed by atoms with E-state index in [-0.39, 0.29) is 30.4 Å². The van der Waals surface area contributed by atoms with Crippen molar-refractivity contribution in [2.45, 2.75) is 57.4 Å². The quantitative estimate of drug-likeness (QED) is 0.477. The van der Waals surface area contributed by atoms with Gasteiger partial charge in [0.15, 0.2) is 0 Å². The zero-order valence-corrected chi connectivity index (χ0v) is 20.2. The van der Waals surface area contributed by atoms with Crippen molar-refractivity contribution in [1.82, 2.24) is 10.6 Å². The van der Waals surface area contributed by atoms with Crippen LogP contribution in [0.5, 0.6) is 0 Å². The number of alkyl carbamates (subject to hydrolysis) is 1. The molecular formula is C28H34N2O5. The van der Waals surface area contributed by atoms with Crippen LogP contribution in [0, 0.1) is 11.8 Å². The third-order valence-electron chi connectivity index (χ3n) is 7.30. The van der Waals surface area contributed by atoms with Gasteiger partial charge in [-0.2, -0.15) is 0 Å². The van der Waals surface area contributed by atoms with Gasteiger partial charge in [0.2, 0.25) is 5.91 Å². The maximum Gasteiger partial charge on any atom is 0.407 e. The summed E-state index contributed by atoms with van der Waals surface area (Å²) >= 11 is 0. The molecule has 2 amide bonds. The minimum atomic E-state index is -0.872. The molecule has 0 heterocycles. The number of aliphatic carboxylic acids is 1. The number of carboxylic acid groups (broad SMARTS) is 1. The molecule has 3 unspecified atom stereocenters. The predicted octanol–water partition coefficient (Wildman–Crippen LogP) is 4.70. The van der Waals surface area contributed by atoms with Crippen LogP contribution in [0.1, 0.15) is 62.5 Å². The molecule has 3 N–H and O–H groups in total. The minimum absolute atomic E-state index is 0.0161. The maximum absolute atomic E-state index is 12.9. The summed E-state index contributed by atoms with van der Waals surface area (Å²) in [5.41, 5.74) is 4.66. The van der Waals surface area contributed by atoms with Gasteiger partial charge in [0.1, 0.15) is 6.61 Å². The fraction of sp³-hybridized carbons (Fsp3) is 0.464. The van der Waals surface area contributed by atoms with E-state index in [1.54, 1.807) is 6.92 Å².